The fourth-order valence-corrected chi connectivity index (χ4v) is 2.62. The van der Waals surface area contributed by atoms with Crippen molar-refractivity contribution < 1.29 is 9.53 Å². The molecule has 0 fully saturated rings. The Morgan fingerprint density at radius 2 is 1.88 bits per heavy atom. The number of ether oxygens (including phenoxy) is 1. The molecule has 0 radical (unpaired) electrons. The van der Waals surface area contributed by atoms with Gasteiger partial charge in [0.25, 0.3) is 5.91 Å². The minimum atomic E-state index is -0.239. The Morgan fingerprint density at radius 3 is 2.58 bits per heavy atom. The van der Waals surface area contributed by atoms with E-state index in [1.807, 2.05) is 59.3 Å². The van der Waals surface area contributed by atoms with Crippen LogP contribution in [0.3, 0.4) is 0 Å². The van der Waals surface area contributed by atoms with E-state index in [0.717, 1.165) is 16.9 Å². The van der Waals surface area contributed by atoms with Crippen LogP contribution in [0.1, 0.15) is 21.5 Å². The van der Waals surface area contributed by atoms with Crippen LogP contribution in [0.25, 0.3) is 0 Å². The molecule has 0 saturated carbocycles. The zero-order valence-corrected chi connectivity index (χ0v) is 13.7. The summed E-state index contributed by atoms with van der Waals surface area (Å²) in [5, 5.41) is 7.86. The number of thiophene rings is 1. The van der Waals surface area contributed by atoms with E-state index in [2.05, 4.69) is 10.5 Å². The molecule has 0 aliphatic heterocycles. The smallest absolute Gasteiger partial charge is 0.271 e. The maximum absolute atomic E-state index is 12.0. The largest absolute Gasteiger partial charge is 0.489 e. The summed E-state index contributed by atoms with van der Waals surface area (Å²) in [6.07, 6.45) is 1.62. The molecule has 0 spiro atoms. The number of hydrazone groups is 1. The molecular formula is C19H16N2O2S. The van der Waals surface area contributed by atoms with Gasteiger partial charge in [-0.05, 0) is 46.7 Å². The van der Waals surface area contributed by atoms with Crippen LogP contribution in [0.2, 0.25) is 0 Å². The number of amides is 1. The Bertz CT molecular complexity index is 797. The average Bonchev–Trinajstić information content (AvgIpc) is 3.15. The van der Waals surface area contributed by atoms with Crippen LogP contribution in [0.5, 0.6) is 5.75 Å². The first-order valence-corrected chi connectivity index (χ1v) is 8.38. The van der Waals surface area contributed by atoms with Gasteiger partial charge in [-0.2, -0.15) is 16.4 Å². The highest BCUT2D eigenvalue weighted by atomic mass is 32.1. The van der Waals surface area contributed by atoms with Crippen molar-refractivity contribution in [3.05, 3.63) is 88.1 Å². The molecule has 3 rings (SSSR count). The molecule has 3 aromatic rings. The van der Waals surface area contributed by atoms with E-state index in [0.29, 0.717) is 12.2 Å². The molecule has 24 heavy (non-hydrogen) atoms. The summed E-state index contributed by atoms with van der Waals surface area (Å²) in [6.45, 7) is 0.461. The minimum absolute atomic E-state index is 0.239. The molecule has 0 unspecified atom stereocenters. The van der Waals surface area contributed by atoms with E-state index >= 15 is 0 Å². The molecule has 2 aromatic carbocycles. The second-order valence-electron chi connectivity index (χ2n) is 5.05. The fraction of sp³-hybridized carbons (Fsp3) is 0.0526. The molecule has 1 amide bonds. The second-order valence-corrected chi connectivity index (χ2v) is 5.83. The topological polar surface area (TPSA) is 50.7 Å². The van der Waals surface area contributed by atoms with E-state index in [1.54, 1.807) is 29.7 Å². The SMILES string of the molecule is O=C(N/N=C\c1ccsc1)c1ccc(COc2ccccc2)cc1. The third-order valence-electron chi connectivity index (χ3n) is 3.29. The van der Waals surface area contributed by atoms with Gasteiger partial charge < -0.3 is 4.74 Å². The van der Waals surface area contributed by atoms with Crippen molar-refractivity contribution >= 4 is 23.5 Å². The Morgan fingerprint density at radius 1 is 1.08 bits per heavy atom. The van der Waals surface area contributed by atoms with Gasteiger partial charge in [-0.25, -0.2) is 5.43 Å². The molecule has 0 aliphatic carbocycles. The lowest BCUT2D eigenvalue weighted by Gasteiger charge is -2.06. The Balaban J connectivity index is 1.52. The highest BCUT2D eigenvalue weighted by Gasteiger charge is 2.04. The molecule has 120 valence electrons. The van der Waals surface area contributed by atoms with Crippen LogP contribution in [-0.2, 0) is 6.61 Å². The quantitative estimate of drug-likeness (QED) is 0.544. The molecule has 4 nitrogen and oxygen atoms in total. The highest BCUT2D eigenvalue weighted by molar-refractivity contribution is 7.08. The zero-order chi connectivity index (χ0) is 16.6. The van der Waals surface area contributed by atoms with E-state index < -0.39 is 0 Å². The number of nitrogens with zero attached hydrogens (tertiary/aromatic N) is 1. The molecule has 0 aliphatic rings. The first-order valence-electron chi connectivity index (χ1n) is 7.44. The lowest BCUT2D eigenvalue weighted by atomic mass is 10.1. The van der Waals surface area contributed by atoms with Gasteiger partial charge in [0.05, 0.1) is 6.21 Å². The molecule has 0 saturated heterocycles. The monoisotopic (exact) mass is 336 g/mol. The van der Waals surface area contributed by atoms with Gasteiger partial charge in [0.1, 0.15) is 12.4 Å². The predicted molar refractivity (Wildman–Crippen MR) is 96.6 cm³/mol. The van der Waals surface area contributed by atoms with Crippen LogP contribution in [0, 0.1) is 0 Å². The van der Waals surface area contributed by atoms with Crippen LogP contribution >= 0.6 is 11.3 Å². The van der Waals surface area contributed by atoms with Gasteiger partial charge in [-0.1, -0.05) is 30.3 Å². The number of benzene rings is 2. The van der Waals surface area contributed by atoms with Crippen molar-refractivity contribution in [3.8, 4) is 5.75 Å². The van der Waals surface area contributed by atoms with Crippen LogP contribution in [0.15, 0.2) is 76.5 Å². The molecule has 1 heterocycles. The summed E-state index contributed by atoms with van der Waals surface area (Å²) in [5.41, 5.74) is 5.04. The number of carbonyl (C=O) groups is 1. The first-order chi connectivity index (χ1) is 11.8. The summed E-state index contributed by atoms with van der Waals surface area (Å²) in [7, 11) is 0. The van der Waals surface area contributed by atoms with E-state index in [-0.39, 0.29) is 5.91 Å². The fourth-order valence-electron chi connectivity index (χ4n) is 2.01. The molecule has 1 aromatic heterocycles. The van der Waals surface area contributed by atoms with Crippen molar-refractivity contribution in [1.29, 1.82) is 0 Å². The number of nitrogens with one attached hydrogen (secondary N) is 1. The lowest BCUT2D eigenvalue weighted by Crippen LogP contribution is -2.17. The molecule has 1 N–H and O–H groups in total. The molecule has 5 heteroatoms. The first kappa shape index (κ1) is 16.0. The maximum Gasteiger partial charge on any atom is 0.271 e. The summed E-state index contributed by atoms with van der Waals surface area (Å²) < 4.78 is 5.68. The number of para-hydroxylation sites is 1. The average molecular weight is 336 g/mol. The van der Waals surface area contributed by atoms with E-state index in [4.69, 9.17) is 4.74 Å². The van der Waals surface area contributed by atoms with Gasteiger partial charge in [0, 0.05) is 11.1 Å². The normalized spacial score (nSPS) is 10.7. The standard InChI is InChI=1S/C19H16N2O2S/c22-19(21-20-12-16-10-11-24-14-16)17-8-6-15(7-9-17)13-23-18-4-2-1-3-5-18/h1-12,14H,13H2,(H,21,22)/b20-12-. The van der Waals surface area contributed by atoms with Gasteiger partial charge in [-0.15, -0.1) is 0 Å². The number of hydrogen-bond acceptors (Lipinski definition) is 4. The molecular weight excluding hydrogens is 320 g/mol. The van der Waals surface area contributed by atoms with Crippen LogP contribution in [0.4, 0.5) is 0 Å². The maximum atomic E-state index is 12.0. The number of hydrogen-bond donors (Lipinski definition) is 1. The van der Waals surface area contributed by atoms with Crippen LogP contribution in [-0.4, -0.2) is 12.1 Å². The lowest BCUT2D eigenvalue weighted by molar-refractivity contribution is 0.0955. The van der Waals surface area contributed by atoms with Crippen molar-refractivity contribution in [1.82, 2.24) is 5.43 Å². The summed E-state index contributed by atoms with van der Waals surface area (Å²) in [5.74, 6) is 0.582. The minimum Gasteiger partial charge on any atom is -0.489 e. The van der Waals surface area contributed by atoms with Crippen LogP contribution < -0.4 is 10.2 Å². The zero-order valence-electron chi connectivity index (χ0n) is 12.9. The van der Waals surface area contributed by atoms with E-state index in [9.17, 15) is 4.79 Å². The van der Waals surface area contributed by atoms with Crippen molar-refractivity contribution in [3.63, 3.8) is 0 Å². The van der Waals surface area contributed by atoms with Gasteiger partial charge in [0.2, 0.25) is 0 Å². The van der Waals surface area contributed by atoms with Crippen molar-refractivity contribution in [2.75, 3.05) is 0 Å². The third kappa shape index (κ3) is 4.54. The van der Waals surface area contributed by atoms with E-state index in [1.165, 1.54) is 0 Å². The summed E-state index contributed by atoms with van der Waals surface area (Å²) >= 11 is 1.58. The highest BCUT2D eigenvalue weighted by Crippen LogP contribution is 2.12. The summed E-state index contributed by atoms with van der Waals surface area (Å²) in [4.78, 5) is 12.0. The number of carbonyl (C=O) groups excluding carboxylic acids is 1. The number of rotatable bonds is 6. The summed E-state index contributed by atoms with van der Waals surface area (Å²) in [6, 6.07) is 18.8. The second kappa shape index (κ2) is 8.08. The Labute approximate surface area is 144 Å². The Hall–Kier alpha value is -2.92. The van der Waals surface area contributed by atoms with Gasteiger partial charge in [0.15, 0.2) is 0 Å². The Kier molecular flexibility index (Phi) is 5.37. The molecule has 0 bridgehead atoms. The van der Waals surface area contributed by atoms with Gasteiger partial charge in [-0.3, -0.25) is 4.79 Å². The van der Waals surface area contributed by atoms with Crippen molar-refractivity contribution in [2.45, 2.75) is 6.61 Å². The molecule has 0 atom stereocenters. The van der Waals surface area contributed by atoms with Crippen molar-refractivity contribution in [2.24, 2.45) is 5.10 Å². The third-order valence-corrected chi connectivity index (χ3v) is 3.99. The predicted octanol–water partition coefficient (Wildman–Crippen LogP) is 4.09. The van der Waals surface area contributed by atoms with Gasteiger partial charge >= 0.3 is 0 Å².